The molecule has 0 aromatic carbocycles. The highest BCUT2D eigenvalue weighted by Crippen LogP contribution is 2.30. The summed E-state index contributed by atoms with van der Waals surface area (Å²) in [4.78, 5) is 13.1. The van der Waals surface area contributed by atoms with Crippen molar-refractivity contribution < 1.29 is 64.6 Å². The summed E-state index contributed by atoms with van der Waals surface area (Å²) < 4.78 is 22.6. The van der Waals surface area contributed by atoms with Crippen molar-refractivity contribution in [3.8, 4) is 0 Å². The molecule has 0 aromatic rings. The summed E-state index contributed by atoms with van der Waals surface area (Å²) >= 11 is 0. The van der Waals surface area contributed by atoms with E-state index in [1.165, 1.54) is 128 Å². The van der Waals surface area contributed by atoms with Gasteiger partial charge in [0.15, 0.2) is 12.6 Å². The van der Waals surface area contributed by atoms with Crippen LogP contribution in [0.25, 0.3) is 0 Å². The summed E-state index contributed by atoms with van der Waals surface area (Å²) in [7, 11) is 0. The number of hydrogen-bond acceptors (Lipinski definition) is 13. The van der Waals surface area contributed by atoms with E-state index in [1.807, 2.05) is 0 Å². The summed E-state index contributed by atoms with van der Waals surface area (Å²) in [6, 6.07) is -0.823. The van der Waals surface area contributed by atoms with Crippen LogP contribution < -0.4 is 5.32 Å². The lowest BCUT2D eigenvalue weighted by Crippen LogP contribution is -2.65. The predicted octanol–water partition coefficient (Wildman–Crippen LogP) is 10.6. The molecule has 2 aliphatic rings. The molecule has 12 unspecified atom stereocenters. The molecule has 1 amide bonds. The highest BCUT2D eigenvalue weighted by molar-refractivity contribution is 5.76. The number of nitrogens with one attached hydrogen (secondary N) is 1. The Morgan fingerprint density at radius 3 is 1.37 bits per heavy atom. The van der Waals surface area contributed by atoms with Crippen molar-refractivity contribution >= 4 is 5.91 Å². The summed E-state index contributed by atoms with van der Waals surface area (Å²) in [5.74, 6) is -0.217. The quantitative estimate of drug-likeness (QED) is 0.0204. The fourth-order valence-electron chi connectivity index (χ4n) is 9.85. The summed E-state index contributed by atoms with van der Waals surface area (Å²) in [5.41, 5.74) is 0. The molecule has 0 saturated carbocycles. The van der Waals surface area contributed by atoms with E-state index >= 15 is 0 Å². The number of aliphatic hydroxyl groups excluding tert-OH is 8. The van der Waals surface area contributed by atoms with E-state index in [9.17, 15) is 45.6 Å². The van der Waals surface area contributed by atoms with E-state index in [1.54, 1.807) is 0 Å². The Morgan fingerprint density at radius 1 is 0.487 bits per heavy atom. The lowest BCUT2D eigenvalue weighted by atomic mass is 9.97. The number of carbonyl (C=O) groups is 1. The Hall–Kier alpha value is -2.31. The molecule has 9 N–H and O–H groups in total. The van der Waals surface area contributed by atoms with Gasteiger partial charge in [0.1, 0.15) is 48.8 Å². The first-order valence-corrected chi connectivity index (χ1v) is 30.5. The van der Waals surface area contributed by atoms with E-state index in [0.717, 1.165) is 77.0 Å². The molecule has 2 saturated heterocycles. The highest BCUT2D eigenvalue weighted by atomic mass is 16.7. The zero-order valence-corrected chi connectivity index (χ0v) is 47.5. The van der Waals surface area contributed by atoms with Gasteiger partial charge in [-0.05, 0) is 57.8 Å². The van der Waals surface area contributed by atoms with E-state index in [2.05, 4.69) is 79.9 Å². The third kappa shape index (κ3) is 32.7. The minimum atomic E-state index is -1.78. The van der Waals surface area contributed by atoms with Crippen molar-refractivity contribution in [2.24, 2.45) is 0 Å². The van der Waals surface area contributed by atoms with Gasteiger partial charge in [-0.25, -0.2) is 0 Å². The molecule has 0 spiro atoms. The van der Waals surface area contributed by atoms with Gasteiger partial charge in [-0.1, -0.05) is 229 Å². The smallest absolute Gasteiger partial charge is 0.220 e. The average Bonchev–Trinajstić information content (AvgIpc) is 3.42. The Kier molecular flexibility index (Phi) is 43.6. The third-order valence-corrected chi connectivity index (χ3v) is 14.7. The lowest BCUT2D eigenvalue weighted by Gasteiger charge is -2.46. The minimum absolute atomic E-state index is 0.217. The number of allylic oxidation sites excluding steroid dienone is 10. The number of carbonyl (C=O) groups excluding carboxylic acids is 1. The van der Waals surface area contributed by atoms with Gasteiger partial charge in [-0.2, -0.15) is 0 Å². The first-order valence-electron chi connectivity index (χ1n) is 30.5. The van der Waals surface area contributed by atoms with Crippen LogP contribution in [0.3, 0.4) is 0 Å². The second-order valence-electron chi connectivity index (χ2n) is 21.5. The van der Waals surface area contributed by atoms with Crippen LogP contribution in [0.5, 0.6) is 0 Å². The Bertz CT molecular complexity index is 1510. The molecule has 2 heterocycles. The van der Waals surface area contributed by atoms with Crippen LogP contribution in [-0.2, 0) is 23.7 Å². The van der Waals surface area contributed by atoms with Gasteiger partial charge in [0.2, 0.25) is 5.91 Å². The molecule has 2 rings (SSSR count). The third-order valence-electron chi connectivity index (χ3n) is 14.7. The summed E-state index contributed by atoms with van der Waals surface area (Å²) in [5, 5.41) is 86.2. The van der Waals surface area contributed by atoms with Gasteiger partial charge in [-0.3, -0.25) is 4.79 Å². The molecule has 2 fully saturated rings. The minimum Gasteiger partial charge on any atom is -0.394 e. The largest absolute Gasteiger partial charge is 0.394 e. The first kappa shape index (κ1) is 69.8. The van der Waals surface area contributed by atoms with Gasteiger partial charge in [0.25, 0.3) is 0 Å². The van der Waals surface area contributed by atoms with Crippen molar-refractivity contribution in [3.05, 3.63) is 60.8 Å². The van der Waals surface area contributed by atoms with E-state index < -0.39 is 86.8 Å². The number of amides is 1. The van der Waals surface area contributed by atoms with E-state index in [4.69, 9.17) is 18.9 Å². The maximum Gasteiger partial charge on any atom is 0.220 e. The number of unbranched alkanes of at least 4 members (excludes halogenated alkanes) is 25. The Balaban J connectivity index is 1.44. The molecule has 14 nitrogen and oxygen atoms in total. The zero-order chi connectivity index (χ0) is 55.3. The van der Waals surface area contributed by atoms with Crippen LogP contribution in [0, 0.1) is 0 Å². The standard InChI is InChI=1S/C62H111NO13/c1-3-5-7-8-9-10-11-12-13-14-15-16-17-18-19-20-21-22-23-24-25-26-27-28-29-30-31-32-33-34-35-36-37-38-39-40-41-42-44-46-54(67)63-50(51(66)45-43-6-4-2)49-73-61-59(72)57(70)60(53(48-65)75-61)76-62-58(71)56(69)55(68)52(47-64)74-62/h5,7,9-10,12-13,15-16,18-19,50-53,55-62,64-66,68-72H,3-4,6,8,11,14,17,20-49H2,1-2H3,(H,63,67)/b7-5-,10-9-,13-12-,16-15-,19-18-. The molecular weight excluding hydrogens is 967 g/mol. The molecule has 0 bridgehead atoms. The van der Waals surface area contributed by atoms with Crippen molar-refractivity contribution in [3.63, 3.8) is 0 Å². The second kappa shape index (κ2) is 47.5. The number of rotatable bonds is 48. The van der Waals surface area contributed by atoms with Crippen LogP contribution in [-0.4, -0.2) is 140 Å². The van der Waals surface area contributed by atoms with E-state index in [-0.39, 0.29) is 12.5 Å². The topological polar surface area (TPSA) is 228 Å². The molecule has 2 aliphatic heterocycles. The molecule has 14 heteroatoms. The number of hydrogen-bond donors (Lipinski definition) is 9. The summed E-state index contributed by atoms with van der Waals surface area (Å²) in [6.07, 6.45) is 45.3. The van der Waals surface area contributed by atoms with Crippen molar-refractivity contribution in [1.82, 2.24) is 5.32 Å². The van der Waals surface area contributed by atoms with Crippen molar-refractivity contribution in [2.45, 2.75) is 306 Å². The summed E-state index contributed by atoms with van der Waals surface area (Å²) in [6.45, 7) is 2.56. The molecule has 0 aromatic heterocycles. The maximum atomic E-state index is 13.1. The Labute approximate surface area is 460 Å². The van der Waals surface area contributed by atoms with E-state index in [0.29, 0.717) is 12.8 Å². The van der Waals surface area contributed by atoms with Gasteiger partial charge in [0.05, 0.1) is 32.0 Å². The maximum absolute atomic E-state index is 13.1. The van der Waals surface area contributed by atoms with Gasteiger partial charge < -0.3 is 65.1 Å². The molecule has 0 aliphatic carbocycles. The number of ether oxygens (including phenoxy) is 4. The van der Waals surface area contributed by atoms with Crippen LogP contribution >= 0.6 is 0 Å². The monoisotopic (exact) mass is 1080 g/mol. The van der Waals surface area contributed by atoms with Crippen molar-refractivity contribution in [2.75, 3.05) is 19.8 Å². The molecule has 12 atom stereocenters. The van der Waals surface area contributed by atoms with Crippen LogP contribution in [0.2, 0.25) is 0 Å². The fourth-order valence-corrected chi connectivity index (χ4v) is 9.85. The van der Waals surface area contributed by atoms with Crippen LogP contribution in [0.1, 0.15) is 232 Å². The number of aliphatic hydroxyl groups is 8. The van der Waals surface area contributed by atoms with Gasteiger partial charge >= 0.3 is 0 Å². The Morgan fingerprint density at radius 2 is 0.908 bits per heavy atom. The molecule has 442 valence electrons. The highest BCUT2D eigenvalue weighted by Gasteiger charge is 2.51. The average molecular weight is 1080 g/mol. The molecular formula is C62H111NO13. The van der Waals surface area contributed by atoms with Gasteiger partial charge in [0, 0.05) is 6.42 Å². The SMILES string of the molecule is CC/C=C\C/C=C\C/C=C\C/C=C\C/C=C\CCCCCCCCCCCCCCCCCCCCCCCCCC(=O)NC(COC1OC(CO)C(OC2OC(CO)C(O)C(O)C2O)C(O)C1O)C(O)CCCCC. The van der Waals surface area contributed by atoms with Crippen molar-refractivity contribution in [1.29, 1.82) is 0 Å². The van der Waals surface area contributed by atoms with Gasteiger partial charge in [-0.15, -0.1) is 0 Å². The molecule has 0 radical (unpaired) electrons. The van der Waals surface area contributed by atoms with Crippen LogP contribution in [0.15, 0.2) is 60.8 Å². The molecule has 76 heavy (non-hydrogen) atoms. The second-order valence-corrected chi connectivity index (χ2v) is 21.5. The van der Waals surface area contributed by atoms with Crippen LogP contribution in [0.4, 0.5) is 0 Å². The zero-order valence-electron chi connectivity index (χ0n) is 47.5. The predicted molar refractivity (Wildman–Crippen MR) is 304 cm³/mol. The lowest BCUT2D eigenvalue weighted by molar-refractivity contribution is -0.359. The first-order chi connectivity index (χ1) is 37.1. The normalized spacial score (nSPS) is 25.3. The fraction of sp³-hybridized carbons (Fsp3) is 0.823.